The molecule has 0 spiro atoms. The maximum atomic E-state index is 13.6. The lowest BCUT2D eigenvalue weighted by Crippen LogP contribution is -2.32. The summed E-state index contributed by atoms with van der Waals surface area (Å²) in [5.74, 6) is 0.660. The molecule has 0 aliphatic carbocycles. The Morgan fingerprint density at radius 3 is 3.13 bits per heavy atom. The minimum atomic E-state index is -0.284. The Labute approximate surface area is 133 Å². The normalized spacial score (nSPS) is 17.3. The number of imidazole rings is 1. The largest absolute Gasteiger partial charge is 0.371 e. The average Bonchev–Trinajstić information content (AvgIpc) is 2.96. The molecule has 1 aliphatic heterocycles. The Hall–Kier alpha value is -2.31. The second-order valence-electron chi connectivity index (χ2n) is 5.65. The van der Waals surface area contributed by atoms with Gasteiger partial charge in [0.15, 0.2) is 0 Å². The highest BCUT2D eigenvalue weighted by Gasteiger charge is 2.23. The van der Waals surface area contributed by atoms with Gasteiger partial charge < -0.3 is 14.6 Å². The van der Waals surface area contributed by atoms with Gasteiger partial charge in [-0.1, -0.05) is 12.1 Å². The summed E-state index contributed by atoms with van der Waals surface area (Å²) in [5, 5.41) is 3.31. The molecule has 3 heterocycles. The molecule has 5 nitrogen and oxygen atoms in total. The van der Waals surface area contributed by atoms with Gasteiger partial charge in [0.2, 0.25) is 0 Å². The number of rotatable bonds is 4. The third kappa shape index (κ3) is 2.71. The van der Waals surface area contributed by atoms with E-state index in [1.165, 1.54) is 6.20 Å². The van der Waals surface area contributed by atoms with Gasteiger partial charge in [-0.05, 0) is 18.2 Å². The fourth-order valence-electron chi connectivity index (χ4n) is 3.04. The molecule has 1 atom stereocenters. The molecule has 1 unspecified atom stereocenters. The highest BCUT2D eigenvalue weighted by Crippen LogP contribution is 2.25. The predicted octanol–water partition coefficient (Wildman–Crippen LogP) is 2.43. The van der Waals surface area contributed by atoms with Gasteiger partial charge in [-0.3, -0.25) is 4.98 Å². The highest BCUT2D eigenvalue weighted by atomic mass is 19.1. The lowest BCUT2D eigenvalue weighted by molar-refractivity contribution is 0.0564. The number of hydrogen-bond acceptors (Lipinski definition) is 4. The molecule has 6 heteroatoms. The van der Waals surface area contributed by atoms with E-state index in [0.29, 0.717) is 31.9 Å². The Kier molecular flexibility index (Phi) is 3.77. The van der Waals surface area contributed by atoms with E-state index in [1.54, 1.807) is 12.3 Å². The highest BCUT2D eigenvalue weighted by molar-refractivity contribution is 5.76. The summed E-state index contributed by atoms with van der Waals surface area (Å²) in [6.45, 7) is 2.31. The molecule has 0 radical (unpaired) electrons. The molecule has 1 aliphatic rings. The number of nitrogens with one attached hydrogen (secondary N) is 1. The fourth-order valence-corrected chi connectivity index (χ4v) is 3.04. The van der Waals surface area contributed by atoms with Crippen LogP contribution in [0.15, 0.2) is 42.7 Å². The molecule has 0 saturated heterocycles. The maximum absolute atomic E-state index is 13.6. The molecule has 0 amide bonds. The number of fused-ring (bicyclic) bond motifs is 3. The number of ether oxygens (including phenoxy) is 1. The van der Waals surface area contributed by atoms with Crippen molar-refractivity contribution >= 4 is 11.0 Å². The predicted molar refractivity (Wildman–Crippen MR) is 84.3 cm³/mol. The molecule has 1 aromatic carbocycles. The van der Waals surface area contributed by atoms with Crippen molar-refractivity contribution < 1.29 is 9.13 Å². The molecular weight excluding hydrogens is 295 g/mol. The van der Waals surface area contributed by atoms with E-state index >= 15 is 0 Å². The summed E-state index contributed by atoms with van der Waals surface area (Å²) in [6.07, 6.45) is 2.84. The Bertz CT molecular complexity index is 832. The first-order chi connectivity index (χ1) is 11.3. The first-order valence-electron chi connectivity index (χ1n) is 7.65. The smallest absolute Gasteiger partial charge is 0.145 e. The minimum Gasteiger partial charge on any atom is -0.371 e. The molecular formula is C17H17FN4O. The van der Waals surface area contributed by atoms with Crippen LogP contribution in [0.2, 0.25) is 0 Å². The monoisotopic (exact) mass is 312 g/mol. The summed E-state index contributed by atoms with van der Waals surface area (Å²) in [5.41, 5.74) is 2.72. The summed E-state index contributed by atoms with van der Waals surface area (Å²) < 4.78 is 21.5. The number of aromatic nitrogens is 3. The second kappa shape index (κ2) is 6.06. The molecule has 0 bridgehead atoms. The third-order valence-corrected chi connectivity index (χ3v) is 4.13. The van der Waals surface area contributed by atoms with Crippen LogP contribution in [0.5, 0.6) is 0 Å². The van der Waals surface area contributed by atoms with Crippen LogP contribution in [0.25, 0.3) is 11.0 Å². The van der Waals surface area contributed by atoms with Crippen LogP contribution < -0.4 is 5.32 Å². The molecule has 0 saturated carbocycles. The molecule has 23 heavy (non-hydrogen) atoms. The summed E-state index contributed by atoms with van der Waals surface area (Å²) in [7, 11) is 0. The maximum Gasteiger partial charge on any atom is 0.145 e. The molecule has 2 aromatic heterocycles. The van der Waals surface area contributed by atoms with Gasteiger partial charge in [0.25, 0.3) is 0 Å². The zero-order valence-electron chi connectivity index (χ0n) is 12.6. The van der Waals surface area contributed by atoms with Crippen LogP contribution in [-0.4, -0.2) is 27.7 Å². The second-order valence-corrected chi connectivity index (χ2v) is 5.65. The lowest BCUT2D eigenvalue weighted by atomic mass is 10.2. The van der Waals surface area contributed by atoms with E-state index in [4.69, 9.17) is 4.74 Å². The SMILES string of the molecule is Fc1cnccc1CNCC1COCc2nc3ccccc3n21. The number of hydrogen-bond donors (Lipinski definition) is 1. The van der Waals surface area contributed by atoms with Gasteiger partial charge in [-0.25, -0.2) is 9.37 Å². The summed E-state index contributed by atoms with van der Waals surface area (Å²) in [4.78, 5) is 8.39. The topological polar surface area (TPSA) is 52.0 Å². The van der Waals surface area contributed by atoms with Gasteiger partial charge in [0, 0.05) is 24.8 Å². The molecule has 4 rings (SSSR count). The molecule has 1 N–H and O–H groups in total. The van der Waals surface area contributed by atoms with Gasteiger partial charge in [0.1, 0.15) is 18.2 Å². The Balaban J connectivity index is 1.52. The quantitative estimate of drug-likeness (QED) is 0.804. The van der Waals surface area contributed by atoms with Crippen molar-refractivity contribution in [2.75, 3.05) is 13.2 Å². The van der Waals surface area contributed by atoms with E-state index in [9.17, 15) is 4.39 Å². The zero-order chi connectivity index (χ0) is 15.6. The van der Waals surface area contributed by atoms with E-state index in [-0.39, 0.29) is 11.9 Å². The van der Waals surface area contributed by atoms with Crippen molar-refractivity contribution in [3.63, 3.8) is 0 Å². The number of halogens is 1. The van der Waals surface area contributed by atoms with Gasteiger partial charge in [0.05, 0.1) is 29.9 Å². The van der Waals surface area contributed by atoms with Crippen molar-refractivity contribution in [1.29, 1.82) is 0 Å². The van der Waals surface area contributed by atoms with E-state index in [0.717, 1.165) is 16.9 Å². The van der Waals surface area contributed by atoms with Crippen molar-refractivity contribution in [2.45, 2.75) is 19.2 Å². The Morgan fingerprint density at radius 2 is 2.22 bits per heavy atom. The van der Waals surface area contributed by atoms with Gasteiger partial charge in [-0.2, -0.15) is 0 Å². The number of nitrogens with zero attached hydrogens (tertiary/aromatic N) is 3. The zero-order valence-corrected chi connectivity index (χ0v) is 12.6. The van der Waals surface area contributed by atoms with Crippen LogP contribution in [0, 0.1) is 5.82 Å². The van der Waals surface area contributed by atoms with Crippen LogP contribution in [0.4, 0.5) is 4.39 Å². The fraction of sp³-hybridized carbons (Fsp3) is 0.294. The standard InChI is InChI=1S/C17H17FN4O/c18-14-9-19-6-5-12(14)7-20-8-13-10-23-11-17-21-15-3-1-2-4-16(15)22(13)17/h1-6,9,13,20H,7-8,10-11H2. The van der Waals surface area contributed by atoms with Crippen molar-refractivity contribution in [2.24, 2.45) is 0 Å². The molecule has 0 fully saturated rings. The van der Waals surface area contributed by atoms with Crippen molar-refractivity contribution in [1.82, 2.24) is 19.9 Å². The number of para-hydroxylation sites is 2. The van der Waals surface area contributed by atoms with Crippen LogP contribution in [-0.2, 0) is 17.9 Å². The average molecular weight is 312 g/mol. The van der Waals surface area contributed by atoms with Crippen LogP contribution in [0.3, 0.4) is 0 Å². The minimum absolute atomic E-state index is 0.149. The number of pyridine rings is 1. The summed E-state index contributed by atoms with van der Waals surface area (Å²) in [6, 6.07) is 9.93. The first kappa shape index (κ1) is 14.3. The van der Waals surface area contributed by atoms with Gasteiger partial charge in [-0.15, -0.1) is 0 Å². The summed E-state index contributed by atoms with van der Waals surface area (Å²) >= 11 is 0. The molecule has 118 valence electrons. The van der Waals surface area contributed by atoms with Crippen molar-refractivity contribution in [3.8, 4) is 0 Å². The van der Waals surface area contributed by atoms with Crippen LogP contribution in [0.1, 0.15) is 17.4 Å². The van der Waals surface area contributed by atoms with Crippen molar-refractivity contribution in [3.05, 3.63) is 59.9 Å². The van der Waals surface area contributed by atoms with E-state index in [2.05, 4.69) is 25.9 Å². The third-order valence-electron chi connectivity index (χ3n) is 4.13. The van der Waals surface area contributed by atoms with E-state index in [1.807, 2.05) is 18.2 Å². The first-order valence-corrected chi connectivity index (χ1v) is 7.65. The molecule has 3 aromatic rings. The Morgan fingerprint density at radius 1 is 1.30 bits per heavy atom. The van der Waals surface area contributed by atoms with Crippen LogP contribution >= 0.6 is 0 Å². The number of benzene rings is 1. The van der Waals surface area contributed by atoms with Gasteiger partial charge >= 0.3 is 0 Å². The lowest BCUT2D eigenvalue weighted by Gasteiger charge is -2.26. The van der Waals surface area contributed by atoms with E-state index < -0.39 is 0 Å².